The fourth-order valence-electron chi connectivity index (χ4n) is 2.23. The Morgan fingerprint density at radius 2 is 1.83 bits per heavy atom. The van der Waals surface area contributed by atoms with Crippen molar-refractivity contribution in [3.05, 3.63) is 53.6 Å². The molecule has 2 rings (SSSR count). The third-order valence-electron chi connectivity index (χ3n) is 3.37. The minimum Gasteiger partial charge on any atom is -0.495 e. The third-order valence-corrected chi connectivity index (χ3v) is 3.37. The topological polar surface area (TPSA) is 67.4 Å². The summed E-state index contributed by atoms with van der Waals surface area (Å²) in [6.07, 6.45) is 0. The monoisotopic (exact) mass is 312 g/mol. The molecule has 5 nitrogen and oxygen atoms in total. The first-order valence-corrected chi connectivity index (χ1v) is 7.29. The number of hydrogen-bond donors (Lipinski definition) is 2. The van der Waals surface area contributed by atoms with Gasteiger partial charge in [0, 0.05) is 11.3 Å². The minimum absolute atomic E-state index is 0.0474. The van der Waals surface area contributed by atoms with Gasteiger partial charge in [-0.3, -0.25) is 9.59 Å². The van der Waals surface area contributed by atoms with Gasteiger partial charge in [-0.1, -0.05) is 18.2 Å². The zero-order chi connectivity index (χ0) is 16.8. The van der Waals surface area contributed by atoms with E-state index in [0.29, 0.717) is 22.7 Å². The molecule has 0 bridgehead atoms. The number of methoxy groups -OCH3 is 1. The summed E-state index contributed by atoms with van der Waals surface area (Å²) >= 11 is 0. The fourth-order valence-corrected chi connectivity index (χ4v) is 2.23. The minimum atomic E-state index is -0.216. The smallest absolute Gasteiger partial charge is 0.243 e. The number of rotatable bonds is 6. The Morgan fingerprint density at radius 3 is 2.52 bits per heavy atom. The lowest BCUT2D eigenvalue weighted by molar-refractivity contribution is -0.114. The molecule has 0 aliphatic carbocycles. The van der Waals surface area contributed by atoms with E-state index in [0.717, 1.165) is 5.56 Å². The summed E-state index contributed by atoms with van der Waals surface area (Å²) in [4.78, 5) is 23.7. The highest BCUT2D eigenvalue weighted by molar-refractivity contribution is 6.01. The van der Waals surface area contributed by atoms with E-state index >= 15 is 0 Å². The van der Waals surface area contributed by atoms with Gasteiger partial charge >= 0.3 is 0 Å². The molecular weight excluding hydrogens is 292 g/mol. The molecule has 0 aromatic heterocycles. The molecule has 0 aliphatic heterocycles. The summed E-state index contributed by atoms with van der Waals surface area (Å²) in [5, 5.41) is 5.80. The van der Waals surface area contributed by atoms with Crippen LogP contribution in [0.3, 0.4) is 0 Å². The second kappa shape index (κ2) is 7.45. The van der Waals surface area contributed by atoms with Crippen LogP contribution < -0.4 is 15.4 Å². The van der Waals surface area contributed by atoms with E-state index in [2.05, 4.69) is 10.6 Å². The number of ether oxygens (including phenoxy) is 1. The molecule has 0 spiro atoms. The van der Waals surface area contributed by atoms with Crippen LogP contribution in [0.15, 0.2) is 42.5 Å². The Balaban J connectivity index is 2.04. The van der Waals surface area contributed by atoms with Crippen molar-refractivity contribution in [1.82, 2.24) is 0 Å². The van der Waals surface area contributed by atoms with Gasteiger partial charge in [-0.2, -0.15) is 0 Å². The second-order valence-electron chi connectivity index (χ2n) is 5.21. The van der Waals surface area contributed by atoms with Crippen molar-refractivity contribution in [2.45, 2.75) is 13.8 Å². The number of hydrogen-bond acceptors (Lipinski definition) is 4. The summed E-state index contributed by atoms with van der Waals surface area (Å²) in [5.74, 6) is 0.342. The van der Waals surface area contributed by atoms with Crippen LogP contribution in [-0.4, -0.2) is 25.3 Å². The highest BCUT2D eigenvalue weighted by Gasteiger charge is 2.10. The molecule has 0 radical (unpaired) electrons. The van der Waals surface area contributed by atoms with Gasteiger partial charge in [0.15, 0.2) is 5.78 Å². The molecule has 120 valence electrons. The number of amides is 1. The molecule has 0 saturated carbocycles. The number of anilines is 2. The number of nitrogens with one attached hydrogen (secondary N) is 2. The van der Waals surface area contributed by atoms with Crippen molar-refractivity contribution < 1.29 is 14.3 Å². The van der Waals surface area contributed by atoms with E-state index in [9.17, 15) is 9.59 Å². The molecule has 2 N–H and O–H groups in total. The Hall–Kier alpha value is -2.82. The number of ketones is 1. The van der Waals surface area contributed by atoms with Crippen LogP contribution in [0.5, 0.6) is 5.75 Å². The van der Waals surface area contributed by atoms with Crippen LogP contribution in [0.2, 0.25) is 0 Å². The standard InChI is InChI=1S/C18H20N2O3/c1-12-8-9-17(23-3)16(10-12)20-18(22)11-19-15-7-5-4-6-14(15)13(2)21/h4-10,19H,11H2,1-3H3,(H,20,22). The van der Waals surface area contributed by atoms with E-state index in [1.54, 1.807) is 25.3 Å². The first-order valence-electron chi connectivity index (χ1n) is 7.29. The average molecular weight is 312 g/mol. The summed E-state index contributed by atoms with van der Waals surface area (Å²) in [7, 11) is 1.56. The zero-order valence-corrected chi connectivity index (χ0v) is 13.5. The molecule has 1 amide bonds. The summed E-state index contributed by atoms with van der Waals surface area (Å²) in [6.45, 7) is 3.50. The quantitative estimate of drug-likeness (QED) is 0.803. The van der Waals surface area contributed by atoms with Crippen molar-refractivity contribution in [1.29, 1.82) is 0 Å². The van der Waals surface area contributed by atoms with Crippen molar-refractivity contribution in [2.24, 2.45) is 0 Å². The maximum absolute atomic E-state index is 12.1. The SMILES string of the molecule is COc1ccc(C)cc1NC(=O)CNc1ccccc1C(C)=O. The Morgan fingerprint density at radius 1 is 1.09 bits per heavy atom. The summed E-state index contributed by atoms with van der Waals surface area (Å²) in [5.41, 5.74) is 2.86. The highest BCUT2D eigenvalue weighted by Crippen LogP contribution is 2.25. The predicted octanol–water partition coefficient (Wildman–Crippen LogP) is 3.26. The van der Waals surface area contributed by atoms with Crippen molar-refractivity contribution in [3.63, 3.8) is 0 Å². The Kier molecular flexibility index (Phi) is 5.36. The molecule has 0 fully saturated rings. The zero-order valence-electron chi connectivity index (χ0n) is 13.5. The van der Waals surface area contributed by atoms with E-state index in [4.69, 9.17) is 4.74 Å². The Labute approximate surface area is 135 Å². The lowest BCUT2D eigenvalue weighted by Gasteiger charge is -2.13. The molecule has 23 heavy (non-hydrogen) atoms. The summed E-state index contributed by atoms with van der Waals surface area (Å²) < 4.78 is 5.23. The number of benzene rings is 2. The van der Waals surface area contributed by atoms with Gasteiger partial charge in [0.1, 0.15) is 5.75 Å². The van der Waals surface area contributed by atoms with Crippen molar-refractivity contribution >= 4 is 23.1 Å². The summed E-state index contributed by atoms with van der Waals surface area (Å²) in [6, 6.07) is 12.7. The molecule has 2 aromatic rings. The molecule has 0 heterocycles. The number of carbonyl (C=O) groups is 2. The average Bonchev–Trinajstić information content (AvgIpc) is 2.53. The number of para-hydroxylation sites is 1. The van der Waals surface area contributed by atoms with Crippen LogP contribution in [0.25, 0.3) is 0 Å². The first-order chi connectivity index (χ1) is 11.0. The number of Topliss-reactive ketones (excluding diaryl/α,β-unsaturated/α-hetero) is 1. The highest BCUT2D eigenvalue weighted by atomic mass is 16.5. The van der Waals surface area contributed by atoms with E-state index < -0.39 is 0 Å². The van der Waals surface area contributed by atoms with Crippen LogP contribution in [0, 0.1) is 6.92 Å². The van der Waals surface area contributed by atoms with Crippen LogP contribution in [0.4, 0.5) is 11.4 Å². The molecule has 2 aromatic carbocycles. The molecular formula is C18H20N2O3. The Bertz CT molecular complexity index is 726. The van der Waals surface area contributed by atoms with E-state index in [-0.39, 0.29) is 18.2 Å². The van der Waals surface area contributed by atoms with E-state index in [1.165, 1.54) is 6.92 Å². The molecule has 0 atom stereocenters. The molecule has 5 heteroatoms. The van der Waals surface area contributed by atoms with Crippen molar-refractivity contribution in [2.75, 3.05) is 24.3 Å². The molecule has 0 saturated heterocycles. The van der Waals surface area contributed by atoms with Gasteiger partial charge in [-0.05, 0) is 43.7 Å². The van der Waals surface area contributed by atoms with Gasteiger partial charge in [0.25, 0.3) is 0 Å². The lowest BCUT2D eigenvalue weighted by Crippen LogP contribution is -2.22. The van der Waals surface area contributed by atoms with Gasteiger partial charge in [-0.15, -0.1) is 0 Å². The molecule has 0 aliphatic rings. The largest absolute Gasteiger partial charge is 0.495 e. The maximum Gasteiger partial charge on any atom is 0.243 e. The fraction of sp³-hybridized carbons (Fsp3) is 0.222. The number of carbonyl (C=O) groups excluding carboxylic acids is 2. The first kappa shape index (κ1) is 16.5. The third kappa shape index (κ3) is 4.32. The van der Waals surface area contributed by atoms with Crippen molar-refractivity contribution in [3.8, 4) is 5.75 Å². The van der Waals surface area contributed by atoms with Crippen LogP contribution in [-0.2, 0) is 4.79 Å². The second-order valence-corrected chi connectivity index (χ2v) is 5.21. The predicted molar refractivity (Wildman–Crippen MR) is 91.3 cm³/mol. The van der Waals surface area contributed by atoms with Gasteiger partial charge in [0.05, 0.1) is 19.3 Å². The van der Waals surface area contributed by atoms with Crippen LogP contribution in [0.1, 0.15) is 22.8 Å². The van der Waals surface area contributed by atoms with Crippen LogP contribution >= 0.6 is 0 Å². The number of aryl methyl sites for hydroxylation is 1. The van der Waals surface area contributed by atoms with Gasteiger partial charge < -0.3 is 15.4 Å². The maximum atomic E-state index is 12.1. The lowest BCUT2D eigenvalue weighted by atomic mass is 10.1. The van der Waals surface area contributed by atoms with Gasteiger partial charge in [0.2, 0.25) is 5.91 Å². The van der Waals surface area contributed by atoms with Gasteiger partial charge in [-0.25, -0.2) is 0 Å². The van der Waals surface area contributed by atoms with E-state index in [1.807, 2.05) is 31.2 Å². The normalized spacial score (nSPS) is 10.0. The molecule has 0 unspecified atom stereocenters.